The maximum Gasteiger partial charge on any atom is 0.335 e. The van der Waals surface area contributed by atoms with E-state index in [1.54, 1.807) is 36.4 Å². The molecule has 34 heavy (non-hydrogen) atoms. The van der Waals surface area contributed by atoms with Crippen LogP contribution in [0.3, 0.4) is 0 Å². The van der Waals surface area contributed by atoms with E-state index >= 15 is 0 Å². The molecular formula is C27H34O7. The van der Waals surface area contributed by atoms with Crippen molar-refractivity contribution in [2.45, 2.75) is 64.1 Å². The molecule has 2 aromatic rings. The smallest absolute Gasteiger partial charge is 0.335 e. The van der Waals surface area contributed by atoms with Gasteiger partial charge in [-0.05, 0) is 90.7 Å². The number of aliphatic hydroxyl groups excluding tert-OH is 2. The van der Waals surface area contributed by atoms with E-state index in [1.165, 1.54) is 11.1 Å². The summed E-state index contributed by atoms with van der Waals surface area (Å²) in [6, 6.07) is 14.1. The minimum atomic E-state index is -0.879. The van der Waals surface area contributed by atoms with Gasteiger partial charge in [0.25, 0.3) is 5.97 Å². The molecule has 7 nitrogen and oxygen atoms in total. The molecule has 0 unspecified atom stereocenters. The molecule has 3 aliphatic rings. The molecule has 2 aromatic carbocycles. The van der Waals surface area contributed by atoms with Crippen LogP contribution in [0, 0.1) is 17.3 Å². The number of phenols is 1. The number of aliphatic hydroxyl groups is 2. The average molecular weight is 471 g/mol. The van der Waals surface area contributed by atoms with Gasteiger partial charge in [0.15, 0.2) is 0 Å². The summed E-state index contributed by atoms with van der Waals surface area (Å²) in [5.74, 6) is 0.163. The van der Waals surface area contributed by atoms with Gasteiger partial charge in [0, 0.05) is 6.92 Å². The number of aromatic hydroxyl groups is 1. The molecule has 5 rings (SSSR count). The monoisotopic (exact) mass is 470 g/mol. The lowest BCUT2D eigenvalue weighted by atomic mass is 9.55. The molecule has 6 atom stereocenters. The van der Waals surface area contributed by atoms with Gasteiger partial charge in [0.2, 0.25) is 0 Å². The van der Waals surface area contributed by atoms with E-state index in [9.17, 15) is 20.1 Å². The largest absolute Gasteiger partial charge is 0.508 e. The first-order valence-electron chi connectivity index (χ1n) is 11.7. The Morgan fingerprint density at radius 1 is 1.00 bits per heavy atom. The van der Waals surface area contributed by atoms with E-state index in [4.69, 9.17) is 15.0 Å². The summed E-state index contributed by atoms with van der Waals surface area (Å²) in [5, 5.41) is 46.0. The first kappa shape index (κ1) is 25.7. The summed E-state index contributed by atoms with van der Waals surface area (Å²) < 4.78 is 0. The fourth-order valence-electron chi connectivity index (χ4n) is 6.14. The van der Waals surface area contributed by atoms with E-state index in [0.717, 1.165) is 39.0 Å². The number of aryl methyl sites for hydroxylation is 1. The van der Waals surface area contributed by atoms with Crippen LogP contribution in [-0.4, -0.2) is 49.7 Å². The minimum absolute atomic E-state index is 0.116. The van der Waals surface area contributed by atoms with Crippen molar-refractivity contribution in [2.24, 2.45) is 17.3 Å². The van der Waals surface area contributed by atoms with Crippen molar-refractivity contribution >= 4 is 11.9 Å². The van der Waals surface area contributed by atoms with Crippen LogP contribution >= 0.6 is 0 Å². The number of hydrogen-bond donors (Lipinski definition) is 5. The highest BCUT2D eigenvalue weighted by molar-refractivity contribution is 5.87. The van der Waals surface area contributed by atoms with Crippen molar-refractivity contribution in [3.05, 3.63) is 65.2 Å². The molecule has 0 aromatic heterocycles. The molecule has 0 radical (unpaired) electrons. The minimum Gasteiger partial charge on any atom is -0.508 e. The highest BCUT2D eigenvalue weighted by Gasteiger charge is 2.57. The van der Waals surface area contributed by atoms with E-state index in [1.807, 2.05) is 6.07 Å². The predicted molar refractivity (Wildman–Crippen MR) is 127 cm³/mol. The lowest BCUT2D eigenvalue weighted by Gasteiger charge is -2.49. The third-order valence-corrected chi connectivity index (χ3v) is 7.70. The summed E-state index contributed by atoms with van der Waals surface area (Å²) >= 11 is 0. The van der Waals surface area contributed by atoms with E-state index in [0.29, 0.717) is 29.1 Å². The third kappa shape index (κ3) is 5.42. The zero-order chi connectivity index (χ0) is 25.0. The number of fused-ring (bicyclic) bond motifs is 5. The molecule has 0 aliphatic heterocycles. The number of benzene rings is 2. The molecule has 0 spiro atoms. The second kappa shape index (κ2) is 10.6. The number of carboxylic acids is 2. The second-order valence-electron chi connectivity index (χ2n) is 9.78. The number of hydrogen-bond acceptors (Lipinski definition) is 5. The standard InChI is InChI=1S/C18H24O3.C7H6O2.C2H4O2/c1-18-7-6-13-12-5-3-11(19)8-10(12)2-4-14(13)15(18)9-16(20)17(18)21;8-7(9)6-4-2-1-3-5-6;1-2(3)4/h3,5,8,13-17,19-21H,2,4,6-7,9H2,1H3;1-5H,(H,8,9);1H3,(H,3,4)/t13-,14-,15+,16-,17+,18+;;/m1../s1. The summed E-state index contributed by atoms with van der Waals surface area (Å²) in [6.07, 6.45) is 3.80. The Kier molecular flexibility index (Phi) is 8.00. The van der Waals surface area contributed by atoms with E-state index in [2.05, 4.69) is 13.0 Å². The molecule has 0 amide bonds. The number of carbonyl (C=O) groups is 2. The second-order valence-corrected chi connectivity index (χ2v) is 9.78. The van der Waals surface area contributed by atoms with Gasteiger partial charge >= 0.3 is 5.97 Å². The molecule has 3 aliphatic carbocycles. The first-order valence-corrected chi connectivity index (χ1v) is 11.7. The van der Waals surface area contributed by atoms with Gasteiger partial charge in [-0.1, -0.05) is 31.2 Å². The number of phenolic OH excluding ortho intramolecular Hbond substituents is 1. The normalized spacial score (nSPS) is 30.8. The summed E-state index contributed by atoms with van der Waals surface area (Å²) in [5.41, 5.74) is 2.90. The predicted octanol–water partition coefficient (Wildman–Crippen LogP) is 4.06. The van der Waals surface area contributed by atoms with Crippen molar-refractivity contribution in [3.63, 3.8) is 0 Å². The summed E-state index contributed by atoms with van der Waals surface area (Å²) in [4.78, 5) is 19.2. The maximum absolute atomic E-state index is 10.4. The molecule has 0 saturated heterocycles. The molecule has 0 heterocycles. The lowest BCUT2D eigenvalue weighted by molar-refractivity contribution is -0.134. The number of aliphatic carboxylic acids is 1. The molecule has 5 N–H and O–H groups in total. The van der Waals surface area contributed by atoms with Crippen LogP contribution in [-0.2, 0) is 11.2 Å². The van der Waals surface area contributed by atoms with Gasteiger partial charge in [-0.3, -0.25) is 4.79 Å². The zero-order valence-electron chi connectivity index (χ0n) is 19.6. The highest BCUT2D eigenvalue weighted by atomic mass is 16.4. The fraction of sp³-hybridized carbons (Fsp3) is 0.481. The van der Waals surface area contributed by atoms with Crippen molar-refractivity contribution in [3.8, 4) is 5.75 Å². The molecule has 2 saturated carbocycles. The van der Waals surface area contributed by atoms with Gasteiger partial charge in [-0.25, -0.2) is 4.79 Å². The Hall–Kier alpha value is -2.90. The number of rotatable bonds is 1. The van der Waals surface area contributed by atoms with Crippen LogP contribution in [0.1, 0.15) is 66.9 Å². The average Bonchev–Trinajstić information content (AvgIpc) is 3.03. The Bertz CT molecular complexity index is 1000. The van der Waals surface area contributed by atoms with Crippen LogP contribution in [0.15, 0.2) is 48.5 Å². The van der Waals surface area contributed by atoms with Gasteiger partial charge in [-0.2, -0.15) is 0 Å². The molecule has 184 valence electrons. The SMILES string of the molecule is CC(=O)O.C[C@]12CC[C@@H]3c4ccc(O)cc4CC[C@H]3[C@@H]1C[C@@H](O)[C@@H]2O.O=C(O)c1ccccc1. The third-order valence-electron chi connectivity index (χ3n) is 7.70. The fourth-order valence-corrected chi connectivity index (χ4v) is 6.14. The molecule has 7 heteroatoms. The van der Waals surface area contributed by atoms with Gasteiger partial charge in [-0.15, -0.1) is 0 Å². The number of carboxylic acid groups (broad SMARTS) is 2. The van der Waals surface area contributed by atoms with Crippen molar-refractivity contribution < 1.29 is 35.1 Å². The van der Waals surface area contributed by atoms with Crippen LogP contribution in [0.25, 0.3) is 0 Å². The Morgan fingerprint density at radius 3 is 2.24 bits per heavy atom. The van der Waals surface area contributed by atoms with Crippen LogP contribution in [0.4, 0.5) is 0 Å². The number of aromatic carboxylic acids is 1. The van der Waals surface area contributed by atoms with Crippen LogP contribution in [0.5, 0.6) is 5.75 Å². The molecular weight excluding hydrogens is 436 g/mol. The first-order chi connectivity index (χ1) is 16.0. The van der Waals surface area contributed by atoms with E-state index < -0.39 is 24.1 Å². The summed E-state index contributed by atoms with van der Waals surface area (Å²) in [7, 11) is 0. The highest BCUT2D eigenvalue weighted by Crippen LogP contribution is 2.60. The Balaban J connectivity index is 0.000000208. The molecule has 0 bridgehead atoms. The van der Waals surface area contributed by atoms with Gasteiger partial charge in [0.05, 0.1) is 17.8 Å². The maximum atomic E-state index is 10.4. The van der Waals surface area contributed by atoms with Crippen molar-refractivity contribution in [1.82, 2.24) is 0 Å². The van der Waals surface area contributed by atoms with Gasteiger partial charge < -0.3 is 25.5 Å². The lowest BCUT2D eigenvalue weighted by Crippen LogP contribution is -2.44. The Morgan fingerprint density at radius 2 is 1.65 bits per heavy atom. The van der Waals surface area contributed by atoms with Crippen LogP contribution < -0.4 is 0 Å². The topological polar surface area (TPSA) is 135 Å². The summed E-state index contributed by atoms with van der Waals surface area (Å²) in [6.45, 7) is 3.25. The van der Waals surface area contributed by atoms with Crippen molar-refractivity contribution in [1.29, 1.82) is 0 Å². The zero-order valence-corrected chi connectivity index (χ0v) is 19.6. The van der Waals surface area contributed by atoms with E-state index in [-0.39, 0.29) is 5.41 Å². The van der Waals surface area contributed by atoms with Gasteiger partial charge in [0.1, 0.15) is 5.75 Å². The molecule has 2 fully saturated rings. The quantitative estimate of drug-likeness (QED) is 0.424. The van der Waals surface area contributed by atoms with Crippen molar-refractivity contribution in [2.75, 3.05) is 0 Å². The Labute approximate surface area is 199 Å². The van der Waals surface area contributed by atoms with Crippen LogP contribution in [0.2, 0.25) is 0 Å².